The van der Waals surface area contributed by atoms with Crippen molar-refractivity contribution in [3.05, 3.63) is 84.2 Å². The van der Waals surface area contributed by atoms with Gasteiger partial charge in [-0.1, -0.05) is 54.0 Å². The first-order valence-electron chi connectivity index (χ1n) is 11.0. The van der Waals surface area contributed by atoms with Crippen LogP contribution in [0.3, 0.4) is 0 Å². The lowest BCUT2D eigenvalue weighted by atomic mass is 10.1. The summed E-state index contributed by atoms with van der Waals surface area (Å²) in [5, 5.41) is 16.5. The first-order valence-corrected chi connectivity index (χ1v) is 11.0. The summed E-state index contributed by atoms with van der Waals surface area (Å²) in [6, 6.07) is 22.7. The molecule has 0 bridgehead atoms. The quantitative estimate of drug-likeness (QED) is 0.360. The van der Waals surface area contributed by atoms with Crippen LogP contribution < -0.4 is 10.1 Å². The van der Waals surface area contributed by atoms with Crippen LogP contribution in [0.2, 0.25) is 0 Å². The number of nitrogens with one attached hydrogen (secondary N) is 1. The van der Waals surface area contributed by atoms with Gasteiger partial charge in [-0.2, -0.15) is 0 Å². The van der Waals surface area contributed by atoms with Crippen molar-refractivity contribution in [2.24, 2.45) is 0 Å². The van der Waals surface area contributed by atoms with E-state index in [9.17, 15) is 4.79 Å². The standard InChI is InChI=1S/C26H23N5O3/c1-3-7-23-24(26(32)27-18-10-13-20(33-2)14-11-18)28-30-31(23)19-12-15-22-21(16-19)25(34-29-22)17-8-5-4-6-9-17/h4-6,8-16H,3,7H2,1-2H3,(H,27,32). The number of methoxy groups -OCH3 is 1. The second-order valence-corrected chi connectivity index (χ2v) is 7.81. The van der Waals surface area contributed by atoms with Crippen LogP contribution in [-0.2, 0) is 6.42 Å². The largest absolute Gasteiger partial charge is 0.497 e. The summed E-state index contributed by atoms with van der Waals surface area (Å²) >= 11 is 0. The molecule has 1 amide bonds. The van der Waals surface area contributed by atoms with Gasteiger partial charge in [0.1, 0.15) is 11.3 Å². The van der Waals surface area contributed by atoms with Crippen LogP contribution in [0.1, 0.15) is 29.5 Å². The van der Waals surface area contributed by atoms with Gasteiger partial charge in [-0.25, -0.2) is 4.68 Å². The van der Waals surface area contributed by atoms with Crippen molar-refractivity contribution in [1.29, 1.82) is 0 Å². The van der Waals surface area contributed by atoms with Gasteiger partial charge in [0.05, 0.1) is 23.9 Å². The summed E-state index contributed by atoms with van der Waals surface area (Å²) in [6.45, 7) is 2.05. The maximum atomic E-state index is 13.0. The average molecular weight is 454 g/mol. The maximum Gasteiger partial charge on any atom is 0.278 e. The van der Waals surface area contributed by atoms with Gasteiger partial charge < -0.3 is 14.6 Å². The van der Waals surface area contributed by atoms with Gasteiger partial charge in [0.15, 0.2) is 11.5 Å². The Morgan fingerprint density at radius 1 is 1.06 bits per heavy atom. The smallest absolute Gasteiger partial charge is 0.278 e. The van der Waals surface area contributed by atoms with Gasteiger partial charge in [-0.3, -0.25) is 4.79 Å². The van der Waals surface area contributed by atoms with Gasteiger partial charge in [0.25, 0.3) is 5.91 Å². The molecule has 5 aromatic rings. The molecule has 2 heterocycles. The highest BCUT2D eigenvalue weighted by Crippen LogP contribution is 2.30. The fourth-order valence-corrected chi connectivity index (χ4v) is 3.87. The third kappa shape index (κ3) is 4.01. The zero-order valence-corrected chi connectivity index (χ0v) is 18.9. The Hall–Kier alpha value is -4.46. The highest BCUT2D eigenvalue weighted by Gasteiger charge is 2.21. The van der Waals surface area contributed by atoms with E-state index in [1.165, 1.54) is 0 Å². The molecular weight excluding hydrogens is 430 g/mol. The number of nitrogens with zero attached hydrogens (tertiary/aromatic N) is 4. The van der Waals surface area contributed by atoms with Crippen LogP contribution in [0.5, 0.6) is 5.75 Å². The van der Waals surface area contributed by atoms with Crippen LogP contribution >= 0.6 is 0 Å². The van der Waals surface area contributed by atoms with E-state index in [0.717, 1.165) is 40.0 Å². The Labute approximate surface area is 196 Å². The average Bonchev–Trinajstić information content (AvgIpc) is 3.49. The number of rotatable bonds is 7. The number of amides is 1. The van der Waals surface area contributed by atoms with E-state index in [4.69, 9.17) is 9.26 Å². The number of carbonyl (C=O) groups is 1. The Kier molecular flexibility index (Phi) is 5.78. The molecule has 0 atom stereocenters. The van der Waals surface area contributed by atoms with E-state index in [1.54, 1.807) is 36.1 Å². The monoisotopic (exact) mass is 453 g/mol. The van der Waals surface area contributed by atoms with Crippen molar-refractivity contribution in [2.75, 3.05) is 12.4 Å². The van der Waals surface area contributed by atoms with E-state index in [1.807, 2.05) is 48.5 Å². The zero-order chi connectivity index (χ0) is 23.5. The molecule has 0 aliphatic carbocycles. The fourth-order valence-electron chi connectivity index (χ4n) is 3.87. The lowest BCUT2D eigenvalue weighted by Crippen LogP contribution is -2.15. The van der Waals surface area contributed by atoms with Crippen molar-refractivity contribution in [3.8, 4) is 22.8 Å². The summed E-state index contributed by atoms with van der Waals surface area (Å²) in [4.78, 5) is 13.0. The second kappa shape index (κ2) is 9.19. The van der Waals surface area contributed by atoms with Gasteiger partial charge in [0, 0.05) is 11.3 Å². The number of benzene rings is 3. The molecule has 0 saturated carbocycles. The molecule has 1 N–H and O–H groups in total. The summed E-state index contributed by atoms with van der Waals surface area (Å²) in [5.41, 5.74) is 4.16. The van der Waals surface area contributed by atoms with E-state index in [-0.39, 0.29) is 5.91 Å². The number of carbonyl (C=O) groups excluding carboxylic acids is 1. The Bertz CT molecular complexity index is 1440. The minimum absolute atomic E-state index is 0.298. The predicted molar refractivity (Wildman–Crippen MR) is 129 cm³/mol. The van der Waals surface area contributed by atoms with Crippen LogP contribution in [0, 0.1) is 0 Å². The molecule has 8 heteroatoms. The highest BCUT2D eigenvalue weighted by atomic mass is 16.5. The van der Waals surface area contributed by atoms with Gasteiger partial charge in [-0.15, -0.1) is 5.10 Å². The maximum absolute atomic E-state index is 13.0. The number of hydrogen-bond acceptors (Lipinski definition) is 6. The van der Waals surface area contributed by atoms with Gasteiger partial charge >= 0.3 is 0 Å². The Morgan fingerprint density at radius 3 is 2.59 bits per heavy atom. The molecule has 0 saturated heterocycles. The molecule has 0 radical (unpaired) electrons. The molecule has 0 fully saturated rings. The third-order valence-corrected chi connectivity index (χ3v) is 5.55. The molecule has 3 aromatic carbocycles. The Morgan fingerprint density at radius 2 is 1.85 bits per heavy atom. The lowest BCUT2D eigenvalue weighted by molar-refractivity contribution is 0.102. The molecule has 34 heavy (non-hydrogen) atoms. The van der Waals surface area contributed by atoms with Gasteiger partial charge in [-0.05, 0) is 48.9 Å². The first kappa shape index (κ1) is 21.4. The van der Waals surface area contributed by atoms with Crippen LogP contribution in [-0.4, -0.2) is 33.2 Å². The number of anilines is 1. The molecule has 5 rings (SSSR count). The van der Waals surface area contributed by atoms with E-state index in [0.29, 0.717) is 23.6 Å². The predicted octanol–water partition coefficient (Wildman–Crippen LogP) is 5.29. The minimum atomic E-state index is -0.309. The summed E-state index contributed by atoms with van der Waals surface area (Å²) in [6.07, 6.45) is 1.48. The summed E-state index contributed by atoms with van der Waals surface area (Å²) < 4.78 is 12.5. The number of ether oxygens (including phenoxy) is 1. The van der Waals surface area contributed by atoms with E-state index >= 15 is 0 Å². The number of fused-ring (bicyclic) bond motifs is 1. The van der Waals surface area contributed by atoms with Crippen molar-refractivity contribution in [3.63, 3.8) is 0 Å². The molecule has 170 valence electrons. The molecule has 0 aliphatic rings. The Balaban J connectivity index is 1.51. The molecular formula is C26H23N5O3. The first-order chi connectivity index (χ1) is 16.7. The summed E-state index contributed by atoms with van der Waals surface area (Å²) in [5.74, 6) is 1.09. The number of hydrogen-bond donors (Lipinski definition) is 1. The zero-order valence-electron chi connectivity index (χ0n) is 18.9. The van der Waals surface area contributed by atoms with E-state index in [2.05, 4.69) is 27.7 Å². The number of aromatic nitrogens is 4. The molecule has 0 unspecified atom stereocenters. The van der Waals surface area contributed by atoms with Crippen LogP contribution in [0.4, 0.5) is 5.69 Å². The summed E-state index contributed by atoms with van der Waals surface area (Å²) in [7, 11) is 1.60. The highest BCUT2D eigenvalue weighted by molar-refractivity contribution is 6.03. The topological polar surface area (TPSA) is 95.1 Å². The van der Waals surface area contributed by atoms with Gasteiger partial charge in [0.2, 0.25) is 0 Å². The molecule has 0 spiro atoms. The SMILES string of the molecule is CCCc1c(C(=O)Nc2ccc(OC)cc2)nnn1-c1ccc2noc(-c3ccccc3)c2c1. The van der Waals surface area contributed by atoms with Crippen molar-refractivity contribution >= 4 is 22.5 Å². The second-order valence-electron chi connectivity index (χ2n) is 7.81. The van der Waals surface area contributed by atoms with Crippen molar-refractivity contribution in [1.82, 2.24) is 20.2 Å². The van der Waals surface area contributed by atoms with Crippen LogP contribution in [0.25, 0.3) is 27.9 Å². The fraction of sp³-hybridized carbons (Fsp3) is 0.154. The molecule has 2 aromatic heterocycles. The van der Waals surface area contributed by atoms with Crippen LogP contribution in [0.15, 0.2) is 77.3 Å². The lowest BCUT2D eigenvalue weighted by Gasteiger charge is -2.08. The minimum Gasteiger partial charge on any atom is -0.497 e. The van der Waals surface area contributed by atoms with Crippen molar-refractivity contribution in [2.45, 2.75) is 19.8 Å². The van der Waals surface area contributed by atoms with E-state index < -0.39 is 0 Å². The normalized spacial score (nSPS) is 11.0. The molecule has 0 aliphatic heterocycles. The third-order valence-electron chi connectivity index (χ3n) is 5.55. The van der Waals surface area contributed by atoms with Crippen molar-refractivity contribution < 1.29 is 14.1 Å². The molecule has 8 nitrogen and oxygen atoms in total.